The molecule has 6 heteroatoms. The van der Waals surface area contributed by atoms with E-state index in [1.807, 2.05) is 24.1 Å². The summed E-state index contributed by atoms with van der Waals surface area (Å²) >= 11 is 3.35. The second kappa shape index (κ2) is 5.30. The Balaban J connectivity index is 2.35. The number of carbonyl (C=O) groups is 1. The van der Waals surface area contributed by atoms with E-state index in [0.29, 0.717) is 6.54 Å². The van der Waals surface area contributed by atoms with E-state index in [0.717, 1.165) is 21.2 Å². The van der Waals surface area contributed by atoms with Crippen molar-refractivity contribution in [2.24, 2.45) is 0 Å². The number of anilines is 1. The second-order valence-electron chi connectivity index (χ2n) is 3.92. The quantitative estimate of drug-likeness (QED) is 0.938. The molecule has 5 nitrogen and oxygen atoms in total. The molecule has 0 fully saturated rings. The monoisotopic (exact) mass is 309 g/mol. The molecular formula is C12H12BrN3O2. The molecule has 2 rings (SSSR count). The van der Waals surface area contributed by atoms with E-state index < -0.39 is 5.97 Å². The van der Waals surface area contributed by atoms with Crippen LogP contribution >= 0.6 is 15.9 Å². The number of halogens is 1. The molecule has 1 N–H and O–H groups in total. The molecule has 2 aromatic heterocycles. The summed E-state index contributed by atoms with van der Waals surface area (Å²) in [6, 6.07) is 3.72. The van der Waals surface area contributed by atoms with Crippen molar-refractivity contribution in [3.8, 4) is 0 Å². The van der Waals surface area contributed by atoms with Gasteiger partial charge in [0.15, 0.2) is 0 Å². The summed E-state index contributed by atoms with van der Waals surface area (Å²) in [5.41, 5.74) is 2.44. The molecule has 0 saturated heterocycles. The van der Waals surface area contributed by atoms with E-state index in [-0.39, 0.29) is 6.42 Å². The van der Waals surface area contributed by atoms with Crippen LogP contribution in [-0.4, -0.2) is 34.6 Å². The van der Waals surface area contributed by atoms with Crippen LogP contribution < -0.4 is 4.90 Å². The minimum Gasteiger partial charge on any atom is -0.481 e. The molecule has 0 spiro atoms. The van der Waals surface area contributed by atoms with Crippen molar-refractivity contribution in [3.05, 3.63) is 29.0 Å². The van der Waals surface area contributed by atoms with E-state index in [4.69, 9.17) is 5.11 Å². The van der Waals surface area contributed by atoms with Gasteiger partial charge in [0.25, 0.3) is 0 Å². The van der Waals surface area contributed by atoms with Gasteiger partial charge in [-0.25, -0.2) is 0 Å². The zero-order valence-corrected chi connectivity index (χ0v) is 11.4. The molecule has 18 heavy (non-hydrogen) atoms. The lowest BCUT2D eigenvalue weighted by atomic mass is 10.2. The highest BCUT2D eigenvalue weighted by molar-refractivity contribution is 9.10. The van der Waals surface area contributed by atoms with Gasteiger partial charge in [0.1, 0.15) is 5.52 Å². The van der Waals surface area contributed by atoms with Crippen LogP contribution in [0.25, 0.3) is 11.0 Å². The molecule has 94 valence electrons. The lowest BCUT2D eigenvalue weighted by Gasteiger charge is -2.19. The molecule has 2 heterocycles. The van der Waals surface area contributed by atoms with Crippen molar-refractivity contribution in [1.82, 2.24) is 9.97 Å². The highest BCUT2D eigenvalue weighted by Crippen LogP contribution is 2.24. The fourth-order valence-corrected chi connectivity index (χ4v) is 2.00. The van der Waals surface area contributed by atoms with E-state index in [9.17, 15) is 4.79 Å². The zero-order chi connectivity index (χ0) is 13.1. The highest BCUT2D eigenvalue weighted by Gasteiger charge is 2.09. The number of pyridine rings is 2. The van der Waals surface area contributed by atoms with Crippen LogP contribution in [-0.2, 0) is 4.79 Å². The summed E-state index contributed by atoms with van der Waals surface area (Å²) in [7, 11) is 1.85. The number of aromatic nitrogens is 2. The predicted octanol–water partition coefficient (Wildman–Crippen LogP) is 2.30. The minimum absolute atomic E-state index is 0.0941. The third kappa shape index (κ3) is 2.76. The molecule has 0 saturated carbocycles. The van der Waals surface area contributed by atoms with Gasteiger partial charge in [0.05, 0.1) is 17.6 Å². The Morgan fingerprint density at radius 3 is 3.00 bits per heavy atom. The van der Waals surface area contributed by atoms with Crippen LogP contribution in [0.5, 0.6) is 0 Å². The van der Waals surface area contributed by atoms with Crippen molar-refractivity contribution in [2.45, 2.75) is 6.42 Å². The molecule has 0 aromatic carbocycles. The number of carboxylic acids is 1. The van der Waals surface area contributed by atoms with Crippen molar-refractivity contribution in [1.29, 1.82) is 0 Å². The number of nitrogens with zero attached hydrogens (tertiary/aromatic N) is 3. The standard InChI is InChI=1S/C12H12BrN3O2/c1-16(5-3-11(17)18)10-2-4-14-9-6-8(13)7-15-12(9)10/h2,4,6-7H,3,5H2,1H3,(H,17,18). The fraction of sp³-hybridized carbons (Fsp3) is 0.250. The maximum absolute atomic E-state index is 10.6. The van der Waals surface area contributed by atoms with Crippen molar-refractivity contribution in [3.63, 3.8) is 0 Å². The lowest BCUT2D eigenvalue weighted by molar-refractivity contribution is -0.136. The molecule has 0 unspecified atom stereocenters. The number of rotatable bonds is 4. The Labute approximate surface area is 113 Å². The van der Waals surface area contributed by atoms with Gasteiger partial charge < -0.3 is 10.0 Å². The maximum atomic E-state index is 10.6. The Kier molecular flexibility index (Phi) is 3.76. The van der Waals surface area contributed by atoms with E-state index >= 15 is 0 Å². The first-order valence-electron chi connectivity index (χ1n) is 5.41. The number of hydrogen-bond donors (Lipinski definition) is 1. The van der Waals surface area contributed by atoms with Crippen molar-refractivity contribution in [2.75, 3.05) is 18.5 Å². The van der Waals surface area contributed by atoms with Crippen LogP contribution in [0, 0.1) is 0 Å². The zero-order valence-electron chi connectivity index (χ0n) is 9.80. The van der Waals surface area contributed by atoms with Crippen LogP contribution in [0.3, 0.4) is 0 Å². The summed E-state index contributed by atoms with van der Waals surface area (Å²) in [4.78, 5) is 21.0. The first kappa shape index (κ1) is 12.8. The topological polar surface area (TPSA) is 66.3 Å². The fourth-order valence-electron chi connectivity index (χ4n) is 1.68. The molecule has 2 aromatic rings. The molecule has 0 amide bonds. The smallest absolute Gasteiger partial charge is 0.305 e. The van der Waals surface area contributed by atoms with Gasteiger partial charge in [0, 0.05) is 30.5 Å². The summed E-state index contributed by atoms with van der Waals surface area (Å²) in [6.07, 6.45) is 3.50. The van der Waals surface area contributed by atoms with Crippen LogP contribution in [0.4, 0.5) is 5.69 Å². The Hall–Kier alpha value is -1.69. The normalized spacial score (nSPS) is 10.6. The first-order chi connectivity index (χ1) is 8.58. The summed E-state index contributed by atoms with van der Waals surface area (Å²) in [6.45, 7) is 0.437. The second-order valence-corrected chi connectivity index (χ2v) is 4.83. The number of carboxylic acid groups (broad SMARTS) is 1. The van der Waals surface area contributed by atoms with Crippen LogP contribution in [0.2, 0.25) is 0 Å². The average Bonchev–Trinajstić information content (AvgIpc) is 2.34. The SMILES string of the molecule is CN(CCC(=O)O)c1ccnc2cc(Br)cnc12. The average molecular weight is 310 g/mol. The van der Waals surface area contributed by atoms with Crippen molar-refractivity contribution < 1.29 is 9.90 Å². The van der Waals surface area contributed by atoms with Crippen LogP contribution in [0.1, 0.15) is 6.42 Å². The minimum atomic E-state index is -0.809. The number of aliphatic carboxylic acids is 1. The number of hydrogen-bond acceptors (Lipinski definition) is 4. The maximum Gasteiger partial charge on any atom is 0.305 e. The van der Waals surface area contributed by atoms with Gasteiger partial charge in [-0.3, -0.25) is 14.8 Å². The molecule has 0 radical (unpaired) electrons. The third-order valence-electron chi connectivity index (χ3n) is 2.60. The highest BCUT2D eigenvalue weighted by atomic mass is 79.9. The number of fused-ring (bicyclic) bond motifs is 1. The Morgan fingerprint density at radius 2 is 2.28 bits per heavy atom. The third-order valence-corrected chi connectivity index (χ3v) is 3.03. The van der Waals surface area contributed by atoms with Gasteiger partial charge in [-0.1, -0.05) is 0 Å². The first-order valence-corrected chi connectivity index (χ1v) is 6.20. The summed E-state index contributed by atoms with van der Waals surface area (Å²) < 4.78 is 0.868. The Morgan fingerprint density at radius 1 is 1.50 bits per heavy atom. The van der Waals surface area contributed by atoms with E-state index in [2.05, 4.69) is 25.9 Å². The predicted molar refractivity (Wildman–Crippen MR) is 72.8 cm³/mol. The van der Waals surface area contributed by atoms with Crippen molar-refractivity contribution >= 4 is 38.6 Å². The lowest BCUT2D eigenvalue weighted by Crippen LogP contribution is -2.21. The van der Waals surface area contributed by atoms with Gasteiger partial charge in [-0.15, -0.1) is 0 Å². The van der Waals surface area contributed by atoms with Gasteiger partial charge in [0.2, 0.25) is 0 Å². The molecule has 0 aliphatic carbocycles. The molecular weight excluding hydrogens is 298 g/mol. The van der Waals surface area contributed by atoms with Gasteiger partial charge in [-0.05, 0) is 28.1 Å². The molecule has 0 atom stereocenters. The summed E-state index contributed by atoms with van der Waals surface area (Å²) in [5, 5.41) is 8.70. The van der Waals surface area contributed by atoms with E-state index in [1.54, 1.807) is 12.4 Å². The largest absolute Gasteiger partial charge is 0.481 e. The van der Waals surface area contributed by atoms with Crippen LogP contribution in [0.15, 0.2) is 29.0 Å². The molecule has 0 aliphatic rings. The molecule has 0 aliphatic heterocycles. The van der Waals surface area contributed by atoms with Gasteiger partial charge >= 0.3 is 5.97 Å². The van der Waals surface area contributed by atoms with Gasteiger partial charge in [-0.2, -0.15) is 0 Å². The molecule has 0 bridgehead atoms. The van der Waals surface area contributed by atoms with E-state index in [1.165, 1.54) is 0 Å². The summed E-state index contributed by atoms with van der Waals surface area (Å²) in [5.74, 6) is -0.809. The Bertz CT molecular complexity index is 589.